The summed E-state index contributed by atoms with van der Waals surface area (Å²) < 4.78 is 0. The molecule has 20 heavy (non-hydrogen) atoms. The predicted octanol–water partition coefficient (Wildman–Crippen LogP) is 2.44. The number of hydrogen-bond acceptors (Lipinski definition) is 2. The van der Waals surface area contributed by atoms with Gasteiger partial charge in [-0.1, -0.05) is 26.0 Å². The quantitative estimate of drug-likeness (QED) is 0.900. The maximum absolute atomic E-state index is 12.5. The van der Waals surface area contributed by atoms with E-state index >= 15 is 0 Å². The Morgan fingerprint density at radius 1 is 1.15 bits per heavy atom. The number of anilines is 1. The molecule has 2 amide bonds. The van der Waals surface area contributed by atoms with E-state index < -0.39 is 11.6 Å². The first-order valence-electron chi connectivity index (χ1n) is 6.99. The summed E-state index contributed by atoms with van der Waals surface area (Å²) in [5.74, 6) is 0.239. The van der Waals surface area contributed by atoms with Crippen molar-refractivity contribution in [3.63, 3.8) is 0 Å². The van der Waals surface area contributed by atoms with Gasteiger partial charge in [-0.2, -0.15) is 0 Å². The van der Waals surface area contributed by atoms with Gasteiger partial charge in [0, 0.05) is 5.69 Å². The summed E-state index contributed by atoms with van der Waals surface area (Å²) in [7, 11) is 0. The minimum Gasteiger partial charge on any atom is -0.340 e. The second-order valence-electron chi connectivity index (χ2n) is 6.21. The number of rotatable bonds is 2. The van der Waals surface area contributed by atoms with Crippen molar-refractivity contribution in [3.8, 4) is 0 Å². The normalized spacial score (nSPS) is 22.1. The summed E-state index contributed by atoms with van der Waals surface area (Å²) >= 11 is 0. The second-order valence-corrected chi connectivity index (χ2v) is 6.21. The molecule has 1 unspecified atom stereocenters. The van der Waals surface area contributed by atoms with Crippen molar-refractivity contribution in [3.05, 3.63) is 29.8 Å². The summed E-state index contributed by atoms with van der Waals surface area (Å²) in [6.45, 7) is 9.46. The first-order valence-corrected chi connectivity index (χ1v) is 6.99. The van der Waals surface area contributed by atoms with Crippen molar-refractivity contribution in [1.29, 1.82) is 0 Å². The van der Waals surface area contributed by atoms with Gasteiger partial charge in [0.1, 0.15) is 11.6 Å². The molecule has 0 radical (unpaired) electrons. The van der Waals surface area contributed by atoms with Crippen LogP contribution in [0.5, 0.6) is 0 Å². The Labute approximate surface area is 120 Å². The van der Waals surface area contributed by atoms with Crippen LogP contribution in [0.2, 0.25) is 0 Å². The first-order chi connectivity index (χ1) is 9.24. The molecule has 2 rings (SSSR count). The minimum atomic E-state index is -0.861. The first kappa shape index (κ1) is 14.6. The highest BCUT2D eigenvalue weighted by molar-refractivity contribution is 6.10. The Balaban J connectivity index is 2.38. The van der Waals surface area contributed by atoms with Gasteiger partial charge >= 0.3 is 0 Å². The van der Waals surface area contributed by atoms with Gasteiger partial charge in [0.25, 0.3) is 5.91 Å². The number of piperazine rings is 1. The summed E-state index contributed by atoms with van der Waals surface area (Å²) in [5.41, 5.74) is 1.13. The van der Waals surface area contributed by atoms with Crippen LogP contribution < -0.4 is 10.2 Å². The van der Waals surface area contributed by atoms with Gasteiger partial charge in [0.05, 0.1) is 0 Å². The molecule has 1 fully saturated rings. The number of hydrogen-bond donors (Lipinski definition) is 1. The highest BCUT2D eigenvalue weighted by Crippen LogP contribution is 2.27. The largest absolute Gasteiger partial charge is 0.340 e. The number of benzene rings is 1. The maximum atomic E-state index is 12.5. The second kappa shape index (κ2) is 4.93. The molecule has 1 atom stereocenters. The molecule has 0 saturated carbocycles. The molecule has 0 spiro atoms. The summed E-state index contributed by atoms with van der Waals surface area (Å²) in [5, 5.41) is 2.75. The molecule has 1 aliphatic heterocycles. The van der Waals surface area contributed by atoms with E-state index in [1.807, 2.05) is 24.3 Å². The Morgan fingerprint density at radius 2 is 1.70 bits per heavy atom. The van der Waals surface area contributed by atoms with Crippen molar-refractivity contribution in [2.75, 3.05) is 4.90 Å². The van der Waals surface area contributed by atoms with Gasteiger partial charge in [-0.3, -0.25) is 14.5 Å². The van der Waals surface area contributed by atoms with Crippen LogP contribution in [-0.2, 0) is 9.59 Å². The SMILES string of the molecule is CC(C)c1ccc(N2C(=O)C(C)(C)NC(=O)C2C)cc1. The third kappa shape index (κ3) is 2.42. The zero-order chi connectivity index (χ0) is 15.1. The van der Waals surface area contributed by atoms with E-state index in [0.717, 1.165) is 5.69 Å². The number of nitrogens with zero attached hydrogens (tertiary/aromatic N) is 1. The van der Waals surface area contributed by atoms with E-state index in [2.05, 4.69) is 19.2 Å². The summed E-state index contributed by atoms with van der Waals surface area (Å²) in [6.07, 6.45) is 0. The average molecular weight is 274 g/mol. The molecule has 1 N–H and O–H groups in total. The van der Waals surface area contributed by atoms with Crippen LogP contribution in [0.15, 0.2) is 24.3 Å². The fourth-order valence-corrected chi connectivity index (χ4v) is 2.42. The topological polar surface area (TPSA) is 49.4 Å². The van der Waals surface area contributed by atoms with Gasteiger partial charge in [0.2, 0.25) is 5.91 Å². The maximum Gasteiger partial charge on any atom is 0.252 e. The molecule has 4 heteroatoms. The smallest absolute Gasteiger partial charge is 0.252 e. The molecule has 0 aliphatic carbocycles. The summed E-state index contributed by atoms with van der Waals surface area (Å²) in [6, 6.07) is 7.37. The van der Waals surface area contributed by atoms with Crippen molar-refractivity contribution in [2.24, 2.45) is 0 Å². The number of carbonyl (C=O) groups excluding carboxylic acids is 2. The van der Waals surface area contributed by atoms with E-state index in [0.29, 0.717) is 5.92 Å². The third-order valence-corrected chi connectivity index (χ3v) is 3.79. The van der Waals surface area contributed by atoms with Crippen LogP contribution >= 0.6 is 0 Å². The lowest BCUT2D eigenvalue weighted by Gasteiger charge is -2.41. The molecule has 0 bridgehead atoms. The van der Waals surface area contributed by atoms with Gasteiger partial charge in [-0.15, -0.1) is 0 Å². The van der Waals surface area contributed by atoms with E-state index in [4.69, 9.17) is 0 Å². The van der Waals surface area contributed by atoms with Gasteiger partial charge in [-0.25, -0.2) is 0 Å². The fraction of sp³-hybridized carbons (Fsp3) is 0.500. The molecule has 0 aromatic heterocycles. The standard InChI is InChI=1S/C16H22N2O2/c1-10(2)12-6-8-13(9-7-12)18-11(3)14(19)17-16(4,5)15(18)20/h6-11H,1-5H3,(H,17,19). The van der Waals surface area contributed by atoms with Crippen LogP contribution in [0.1, 0.15) is 46.1 Å². The lowest BCUT2D eigenvalue weighted by Crippen LogP contribution is -2.67. The Kier molecular flexibility index (Phi) is 3.59. The number of amides is 2. The van der Waals surface area contributed by atoms with Crippen molar-refractivity contribution in [2.45, 2.75) is 52.1 Å². The molecule has 1 aromatic carbocycles. The molecular weight excluding hydrogens is 252 g/mol. The Hall–Kier alpha value is -1.84. The van der Waals surface area contributed by atoms with Crippen molar-refractivity contribution >= 4 is 17.5 Å². The molecule has 1 aliphatic rings. The number of carbonyl (C=O) groups is 2. The highest BCUT2D eigenvalue weighted by atomic mass is 16.2. The zero-order valence-corrected chi connectivity index (χ0v) is 12.7. The van der Waals surface area contributed by atoms with E-state index in [1.165, 1.54) is 5.56 Å². The van der Waals surface area contributed by atoms with E-state index in [1.54, 1.807) is 25.7 Å². The third-order valence-electron chi connectivity index (χ3n) is 3.79. The highest BCUT2D eigenvalue weighted by Gasteiger charge is 2.43. The van der Waals surface area contributed by atoms with Crippen LogP contribution in [-0.4, -0.2) is 23.4 Å². The number of nitrogens with one attached hydrogen (secondary N) is 1. The Bertz CT molecular complexity index is 532. The minimum absolute atomic E-state index is 0.0816. The van der Waals surface area contributed by atoms with Crippen molar-refractivity contribution in [1.82, 2.24) is 5.32 Å². The monoisotopic (exact) mass is 274 g/mol. The molecule has 1 aromatic rings. The predicted molar refractivity (Wildman–Crippen MR) is 79.7 cm³/mol. The van der Waals surface area contributed by atoms with Crippen LogP contribution in [0.4, 0.5) is 5.69 Å². The van der Waals surface area contributed by atoms with E-state index in [-0.39, 0.29) is 11.8 Å². The van der Waals surface area contributed by atoms with Gasteiger partial charge in [0.15, 0.2) is 0 Å². The van der Waals surface area contributed by atoms with E-state index in [9.17, 15) is 9.59 Å². The van der Waals surface area contributed by atoms with Gasteiger partial charge in [-0.05, 0) is 44.4 Å². The average Bonchev–Trinajstić information content (AvgIpc) is 2.37. The van der Waals surface area contributed by atoms with Gasteiger partial charge < -0.3 is 5.32 Å². The molecule has 1 saturated heterocycles. The zero-order valence-electron chi connectivity index (χ0n) is 12.7. The Morgan fingerprint density at radius 3 is 2.20 bits per heavy atom. The van der Waals surface area contributed by atoms with Crippen LogP contribution in [0.25, 0.3) is 0 Å². The lowest BCUT2D eigenvalue weighted by molar-refractivity contribution is -0.136. The molecule has 4 nitrogen and oxygen atoms in total. The fourth-order valence-electron chi connectivity index (χ4n) is 2.42. The van der Waals surface area contributed by atoms with Crippen LogP contribution in [0, 0.1) is 0 Å². The summed E-state index contributed by atoms with van der Waals surface area (Å²) in [4.78, 5) is 26.1. The lowest BCUT2D eigenvalue weighted by atomic mass is 9.96. The molecular formula is C16H22N2O2. The van der Waals surface area contributed by atoms with Crippen molar-refractivity contribution < 1.29 is 9.59 Å². The molecule has 108 valence electrons. The van der Waals surface area contributed by atoms with Crippen LogP contribution in [0.3, 0.4) is 0 Å². The molecule has 1 heterocycles.